The molecule has 34 heavy (non-hydrogen) atoms. The molecule has 1 N–H and O–H groups in total. The van der Waals surface area contributed by atoms with Crippen LogP contribution in [0.4, 0.5) is 0 Å². The topological polar surface area (TPSA) is 116 Å². The second-order valence-corrected chi connectivity index (χ2v) is 8.94. The molecule has 9 nitrogen and oxygen atoms in total. The summed E-state index contributed by atoms with van der Waals surface area (Å²) < 4.78 is 7.24. The summed E-state index contributed by atoms with van der Waals surface area (Å²) in [7, 11) is 0. The molecule has 3 aromatic heterocycles. The lowest BCUT2D eigenvalue weighted by atomic mass is 10.0. The summed E-state index contributed by atoms with van der Waals surface area (Å²) in [6, 6.07) is 10.7. The number of benzene rings is 1. The maximum absolute atomic E-state index is 13.0. The zero-order valence-electron chi connectivity index (χ0n) is 19.1. The number of nitrogens with one attached hydrogen (secondary N) is 1. The zero-order chi connectivity index (χ0) is 23.7. The van der Waals surface area contributed by atoms with Gasteiger partial charge in [-0.15, -0.1) is 0 Å². The summed E-state index contributed by atoms with van der Waals surface area (Å²) in [6.07, 6.45) is 5.83. The fraction of sp³-hybridized carbons (Fsp3) is 0.360. The van der Waals surface area contributed by atoms with Crippen LogP contribution in [0.25, 0.3) is 22.3 Å². The second-order valence-electron chi connectivity index (χ2n) is 8.94. The number of hydrogen-bond acceptors (Lipinski definition) is 7. The highest BCUT2D eigenvalue weighted by Crippen LogP contribution is 2.35. The van der Waals surface area contributed by atoms with E-state index in [9.17, 15) is 9.59 Å². The molecule has 3 heterocycles. The van der Waals surface area contributed by atoms with Gasteiger partial charge in [-0.1, -0.05) is 31.1 Å². The predicted molar refractivity (Wildman–Crippen MR) is 126 cm³/mol. The summed E-state index contributed by atoms with van der Waals surface area (Å²) in [5.41, 5.74) is 1.37. The molecule has 1 unspecified atom stereocenters. The molecule has 1 aliphatic rings. The highest BCUT2D eigenvalue weighted by atomic mass is 16.5. The number of amides is 1. The first-order valence-corrected chi connectivity index (χ1v) is 11.5. The van der Waals surface area contributed by atoms with Gasteiger partial charge < -0.3 is 9.84 Å². The summed E-state index contributed by atoms with van der Waals surface area (Å²) >= 11 is 0. The Bertz CT molecular complexity index is 1370. The number of fused-ring (bicyclic) bond motifs is 1. The monoisotopic (exact) mass is 458 g/mol. The Balaban J connectivity index is 1.32. The number of hydrogen-bond donors (Lipinski definition) is 1. The van der Waals surface area contributed by atoms with Crippen LogP contribution < -0.4 is 10.9 Å². The van der Waals surface area contributed by atoms with Crippen LogP contribution in [0, 0.1) is 5.92 Å². The van der Waals surface area contributed by atoms with Crippen LogP contribution in [0.15, 0.2) is 58.1 Å². The number of aryl methyl sites for hydroxylation is 1. The van der Waals surface area contributed by atoms with E-state index in [0.29, 0.717) is 34.9 Å². The Hall–Kier alpha value is -3.88. The summed E-state index contributed by atoms with van der Waals surface area (Å²) in [5.74, 6) is 1.30. The molecule has 0 radical (unpaired) electrons. The van der Waals surface area contributed by atoms with Gasteiger partial charge in [0.05, 0.1) is 10.9 Å². The second kappa shape index (κ2) is 9.17. The number of aromatic nitrogens is 5. The van der Waals surface area contributed by atoms with Crippen LogP contribution >= 0.6 is 0 Å². The minimum absolute atomic E-state index is 0.0302. The van der Waals surface area contributed by atoms with Gasteiger partial charge in [0.2, 0.25) is 17.6 Å². The molecule has 1 atom stereocenters. The van der Waals surface area contributed by atoms with E-state index < -0.39 is 6.04 Å². The third-order valence-corrected chi connectivity index (χ3v) is 5.98. The number of carbonyl (C=O) groups is 1. The van der Waals surface area contributed by atoms with Crippen molar-refractivity contribution >= 4 is 16.8 Å². The molecule has 1 fully saturated rings. The third kappa shape index (κ3) is 4.46. The summed E-state index contributed by atoms with van der Waals surface area (Å²) in [4.78, 5) is 39.2. The van der Waals surface area contributed by atoms with E-state index in [-0.39, 0.29) is 29.8 Å². The lowest BCUT2D eigenvalue weighted by molar-refractivity contribution is -0.122. The Kier molecular flexibility index (Phi) is 5.91. The Labute approximate surface area is 196 Å². The first kappa shape index (κ1) is 21.9. The molecule has 0 bridgehead atoms. The quantitative estimate of drug-likeness (QED) is 0.429. The first-order valence-electron chi connectivity index (χ1n) is 11.5. The smallest absolute Gasteiger partial charge is 0.261 e. The van der Waals surface area contributed by atoms with Gasteiger partial charge in [0.25, 0.3) is 5.56 Å². The number of nitrogens with zero attached hydrogens (tertiary/aromatic N) is 5. The van der Waals surface area contributed by atoms with Crippen LogP contribution in [0.2, 0.25) is 0 Å². The third-order valence-electron chi connectivity index (χ3n) is 5.98. The maximum atomic E-state index is 13.0. The predicted octanol–water partition coefficient (Wildman–Crippen LogP) is 3.62. The van der Waals surface area contributed by atoms with E-state index >= 15 is 0 Å². The van der Waals surface area contributed by atoms with Crippen molar-refractivity contribution < 1.29 is 9.32 Å². The van der Waals surface area contributed by atoms with Crippen LogP contribution in [0.3, 0.4) is 0 Å². The molecule has 0 spiro atoms. The van der Waals surface area contributed by atoms with Gasteiger partial charge in [-0.25, -0.2) is 4.98 Å². The molecule has 1 aliphatic carbocycles. The van der Waals surface area contributed by atoms with Crippen molar-refractivity contribution in [2.75, 3.05) is 0 Å². The first-order chi connectivity index (χ1) is 16.5. The van der Waals surface area contributed by atoms with Gasteiger partial charge in [0.15, 0.2) is 0 Å². The molecule has 9 heteroatoms. The molecule has 1 aromatic carbocycles. The van der Waals surface area contributed by atoms with Crippen molar-refractivity contribution in [1.82, 2.24) is 30.0 Å². The lowest BCUT2D eigenvalue weighted by Gasteiger charge is -2.19. The summed E-state index contributed by atoms with van der Waals surface area (Å²) in [6.45, 7) is 3.96. The van der Waals surface area contributed by atoms with Gasteiger partial charge in [-0.05, 0) is 43.0 Å². The highest BCUT2D eigenvalue weighted by Gasteiger charge is 2.29. The van der Waals surface area contributed by atoms with E-state index in [2.05, 4.69) is 20.4 Å². The molecular formula is C25H26N6O3. The fourth-order valence-electron chi connectivity index (χ4n) is 4.04. The van der Waals surface area contributed by atoms with Crippen LogP contribution in [0.5, 0.6) is 0 Å². The van der Waals surface area contributed by atoms with Crippen LogP contribution in [0.1, 0.15) is 56.9 Å². The average Bonchev–Trinajstić information content (AvgIpc) is 3.56. The van der Waals surface area contributed by atoms with Crippen molar-refractivity contribution in [2.45, 2.75) is 51.6 Å². The zero-order valence-corrected chi connectivity index (χ0v) is 19.1. The van der Waals surface area contributed by atoms with Gasteiger partial charge in [-0.2, -0.15) is 4.98 Å². The van der Waals surface area contributed by atoms with Crippen LogP contribution in [-0.2, 0) is 11.2 Å². The number of rotatable bonds is 8. The van der Waals surface area contributed by atoms with Crippen LogP contribution in [-0.4, -0.2) is 30.6 Å². The minimum atomic E-state index is -0.430. The maximum Gasteiger partial charge on any atom is 0.261 e. The largest absolute Gasteiger partial charge is 0.344 e. The van der Waals surface area contributed by atoms with Crippen molar-refractivity contribution in [1.29, 1.82) is 0 Å². The molecular weight excluding hydrogens is 432 g/mol. The van der Waals surface area contributed by atoms with Gasteiger partial charge in [-0.3, -0.25) is 19.1 Å². The molecule has 5 rings (SSSR count). The average molecular weight is 459 g/mol. The molecule has 174 valence electrons. The lowest BCUT2D eigenvalue weighted by Crippen LogP contribution is -2.33. The summed E-state index contributed by atoms with van der Waals surface area (Å²) in [5, 5.41) is 7.67. The van der Waals surface area contributed by atoms with E-state index in [1.807, 2.05) is 38.1 Å². The molecule has 0 saturated heterocycles. The van der Waals surface area contributed by atoms with Crippen molar-refractivity contribution in [3.05, 3.63) is 70.9 Å². The van der Waals surface area contributed by atoms with Crippen molar-refractivity contribution in [3.8, 4) is 11.4 Å². The van der Waals surface area contributed by atoms with Gasteiger partial charge in [0, 0.05) is 36.8 Å². The highest BCUT2D eigenvalue weighted by molar-refractivity contribution is 5.78. The molecule has 4 aromatic rings. The molecule has 1 saturated carbocycles. The van der Waals surface area contributed by atoms with Crippen molar-refractivity contribution in [3.63, 3.8) is 0 Å². The van der Waals surface area contributed by atoms with E-state index in [1.54, 1.807) is 29.1 Å². The minimum Gasteiger partial charge on any atom is -0.344 e. The Morgan fingerprint density at radius 2 is 2.00 bits per heavy atom. The number of para-hydroxylation sites is 1. The van der Waals surface area contributed by atoms with E-state index in [0.717, 1.165) is 18.4 Å². The Morgan fingerprint density at radius 1 is 1.18 bits per heavy atom. The van der Waals surface area contributed by atoms with Crippen molar-refractivity contribution in [2.24, 2.45) is 5.92 Å². The van der Waals surface area contributed by atoms with Gasteiger partial charge >= 0.3 is 0 Å². The molecule has 1 amide bonds. The van der Waals surface area contributed by atoms with E-state index in [1.165, 1.54) is 0 Å². The number of pyridine rings is 1. The fourth-order valence-corrected chi connectivity index (χ4v) is 4.04. The normalized spacial score (nSPS) is 14.4. The number of carbonyl (C=O) groups excluding carboxylic acids is 1. The van der Waals surface area contributed by atoms with Gasteiger partial charge in [0.1, 0.15) is 11.9 Å². The Morgan fingerprint density at radius 3 is 2.74 bits per heavy atom. The SMILES string of the molecule is CC(C)C(NC(=O)CCc1nc2ccccc2c(=O)n1C1CC1)c1nc(-c2cccnc2)no1. The standard InChI is InChI=1S/C25H26N6O3/c1-15(2)22(24-29-23(30-34-24)16-6-5-13-26-14-16)28-21(32)12-11-20-27-19-8-4-3-7-18(19)25(33)31(20)17-9-10-17/h3-8,13-15,17,22H,9-12H2,1-2H3,(H,28,32). The van der Waals surface area contributed by atoms with E-state index in [4.69, 9.17) is 9.51 Å². The molecule has 0 aliphatic heterocycles.